The molecule has 0 aromatic heterocycles. The Labute approximate surface area is 219 Å². The fourth-order valence-electron chi connectivity index (χ4n) is 4.90. The summed E-state index contributed by atoms with van der Waals surface area (Å²) in [5.74, 6) is -3.38. The van der Waals surface area contributed by atoms with Gasteiger partial charge in [-0.1, -0.05) is 13.8 Å². The fraction of sp³-hybridized carbons (Fsp3) is 0.615. The van der Waals surface area contributed by atoms with Crippen LogP contribution in [0, 0.1) is 5.41 Å². The number of esters is 1. The first-order chi connectivity index (χ1) is 17.6. The van der Waals surface area contributed by atoms with E-state index in [0.29, 0.717) is 12.0 Å². The minimum atomic E-state index is -1.69. The van der Waals surface area contributed by atoms with E-state index in [1.165, 1.54) is 6.08 Å². The summed E-state index contributed by atoms with van der Waals surface area (Å²) in [6, 6.07) is 1.74. The van der Waals surface area contributed by atoms with Crippen molar-refractivity contribution >= 4 is 11.8 Å². The van der Waals surface area contributed by atoms with Gasteiger partial charge in [0.2, 0.25) is 0 Å². The third-order valence-electron chi connectivity index (χ3n) is 7.40. The summed E-state index contributed by atoms with van der Waals surface area (Å²) in [5.41, 5.74) is -1.70. The van der Waals surface area contributed by atoms with Gasteiger partial charge in [0, 0.05) is 11.8 Å². The number of aliphatic hydroxyl groups is 4. The van der Waals surface area contributed by atoms with Gasteiger partial charge in [0.05, 0.1) is 17.3 Å². The molecule has 12 nitrogen and oxygen atoms in total. The maximum absolute atomic E-state index is 12.3. The monoisotopic (exact) mass is 540 g/mol. The number of allylic oxidation sites excluding steroid dienone is 1. The Morgan fingerprint density at radius 3 is 2.29 bits per heavy atom. The first-order valence-electron chi connectivity index (χ1n) is 12.3. The van der Waals surface area contributed by atoms with Crippen LogP contribution in [0.1, 0.15) is 57.3 Å². The summed E-state index contributed by atoms with van der Waals surface area (Å²) in [5, 5.41) is 70.9. The summed E-state index contributed by atoms with van der Waals surface area (Å²) in [6.07, 6.45) is -6.06. The normalized spacial score (nSPS) is 31.9. The van der Waals surface area contributed by atoms with Gasteiger partial charge >= 0.3 is 5.97 Å². The molecule has 0 bridgehead atoms. The number of ether oxygens (including phenoxy) is 3. The SMILES string of the molecule is CC1=CC(=O)CC(C)(C)[C@@]1(O)CC[C@@H](C)O[C@@H]1O[C@H](COC(=O)c2cc(O)c(O)c(O)c2)[C@@H](O)[C@H](O)[C@H]1O. The van der Waals surface area contributed by atoms with E-state index in [-0.39, 0.29) is 24.2 Å². The van der Waals surface area contributed by atoms with E-state index in [2.05, 4.69) is 0 Å². The molecule has 1 fully saturated rings. The molecule has 1 saturated heterocycles. The van der Waals surface area contributed by atoms with E-state index in [0.717, 1.165) is 12.1 Å². The number of ketones is 1. The van der Waals surface area contributed by atoms with Crippen molar-refractivity contribution < 1.29 is 59.5 Å². The van der Waals surface area contributed by atoms with Gasteiger partial charge in [-0.15, -0.1) is 0 Å². The second kappa shape index (κ2) is 11.2. The highest BCUT2D eigenvalue weighted by molar-refractivity contribution is 5.92. The van der Waals surface area contributed by atoms with Gasteiger partial charge in [0.1, 0.15) is 31.0 Å². The van der Waals surface area contributed by atoms with Crippen LogP contribution in [0.3, 0.4) is 0 Å². The molecule has 1 aliphatic heterocycles. The molecule has 38 heavy (non-hydrogen) atoms. The van der Waals surface area contributed by atoms with Crippen molar-refractivity contribution in [3.05, 3.63) is 29.3 Å². The van der Waals surface area contributed by atoms with Gasteiger partial charge in [-0.05, 0) is 50.5 Å². The van der Waals surface area contributed by atoms with Crippen LogP contribution in [-0.4, -0.2) is 96.5 Å². The minimum Gasteiger partial charge on any atom is -0.504 e. The lowest BCUT2D eigenvalue weighted by Crippen LogP contribution is -2.60. The number of carbonyl (C=O) groups is 2. The summed E-state index contributed by atoms with van der Waals surface area (Å²) in [4.78, 5) is 24.3. The molecule has 7 N–H and O–H groups in total. The molecule has 1 heterocycles. The molecule has 1 aliphatic carbocycles. The van der Waals surface area contributed by atoms with Gasteiger partial charge in [0.25, 0.3) is 0 Å². The zero-order valence-corrected chi connectivity index (χ0v) is 21.7. The Balaban J connectivity index is 1.62. The zero-order chi connectivity index (χ0) is 28.6. The number of hydrogen-bond acceptors (Lipinski definition) is 12. The van der Waals surface area contributed by atoms with Crippen molar-refractivity contribution in [2.75, 3.05) is 6.61 Å². The Kier molecular flexibility index (Phi) is 8.76. The molecule has 2 aliphatic rings. The van der Waals surface area contributed by atoms with Gasteiger partial charge < -0.3 is 50.0 Å². The largest absolute Gasteiger partial charge is 0.504 e. The molecule has 3 rings (SSSR count). The average Bonchev–Trinajstić information content (AvgIpc) is 2.83. The minimum absolute atomic E-state index is 0.0569. The average molecular weight is 541 g/mol. The molecule has 0 radical (unpaired) electrons. The number of hydrogen-bond donors (Lipinski definition) is 7. The highest BCUT2D eigenvalue weighted by Gasteiger charge is 2.49. The molecule has 12 heteroatoms. The van der Waals surface area contributed by atoms with Crippen LogP contribution in [0.15, 0.2) is 23.8 Å². The quantitative estimate of drug-likeness (QED) is 0.179. The molecular formula is C26H36O12. The number of aliphatic hydroxyl groups excluding tert-OH is 3. The molecule has 1 aromatic carbocycles. The van der Waals surface area contributed by atoms with E-state index in [4.69, 9.17) is 14.2 Å². The Bertz CT molecular complexity index is 1060. The summed E-state index contributed by atoms with van der Waals surface area (Å²) in [6.45, 7) is 6.42. The van der Waals surface area contributed by atoms with Crippen molar-refractivity contribution in [3.63, 3.8) is 0 Å². The number of rotatable bonds is 8. The lowest BCUT2D eigenvalue weighted by Gasteiger charge is -2.46. The lowest BCUT2D eigenvalue weighted by molar-refractivity contribution is -0.310. The van der Waals surface area contributed by atoms with E-state index in [9.17, 15) is 45.3 Å². The van der Waals surface area contributed by atoms with Crippen LogP contribution in [0.25, 0.3) is 0 Å². The fourth-order valence-corrected chi connectivity index (χ4v) is 4.90. The predicted octanol–water partition coefficient (Wildman–Crippen LogP) is 0.629. The summed E-state index contributed by atoms with van der Waals surface area (Å²) >= 11 is 0. The summed E-state index contributed by atoms with van der Waals surface area (Å²) in [7, 11) is 0. The molecule has 0 unspecified atom stereocenters. The number of benzene rings is 1. The Hall–Kier alpha value is -2.74. The van der Waals surface area contributed by atoms with Gasteiger partial charge in [-0.3, -0.25) is 4.79 Å². The third-order valence-corrected chi connectivity index (χ3v) is 7.40. The second-order valence-electron chi connectivity index (χ2n) is 10.7. The number of aromatic hydroxyl groups is 3. The molecular weight excluding hydrogens is 504 g/mol. The number of phenols is 3. The number of carbonyl (C=O) groups excluding carboxylic acids is 2. The standard InChI is InChI=1S/C26H36O12/c1-12-7-15(27)10-25(3,4)26(12,35)6-5-13(2)37-24-22(33)21(32)20(31)18(38-24)11-36-23(34)14-8-16(28)19(30)17(29)9-14/h7-9,13,18,20-22,24,28-33,35H,5-6,10-11H2,1-4H3/t13-,18-,20-,21+,22-,24-,26-/m1/s1. The van der Waals surface area contributed by atoms with Gasteiger partial charge in [-0.2, -0.15) is 0 Å². The predicted molar refractivity (Wildman–Crippen MR) is 130 cm³/mol. The zero-order valence-electron chi connectivity index (χ0n) is 21.7. The smallest absolute Gasteiger partial charge is 0.338 e. The van der Waals surface area contributed by atoms with Crippen molar-refractivity contribution in [2.24, 2.45) is 5.41 Å². The van der Waals surface area contributed by atoms with E-state index in [1.54, 1.807) is 13.8 Å². The van der Waals surface area contributed by atoms with Crippen LogP contribution in [0.5, 0.6) is 17.2 Å². The van der Waals surface area contributed by atoms with Crippen molar-refractivity contribution in [1.82, 2.24) is 0 Å². The van der Waals surface area contributed by atoms with Crippen molar-refractivity contribution in [3.8, 4) is 17.2 Å². The molecule has 0 amide bonds. The maximum Gasteiger partial charge on any atom is 0.338 e. The van der Waals surface area contributed by atoms with Crippen LogP contribution in [0.2, 0.25) is 0 Å². The van der Waals surface area contributed by atoms with Crippen LogP contribution in [-0.2, 0) is 19.0 Å². The summed E-state index contributed by atoms with van der Waals surface area (Å²) < 4.78 is 16.4. The van der Waals surface area contributed by atoms with Crippen LogP contribution in [0.4, 0.5) is 0 Å². The first kappa shape index (κ1) is 29.8. The molecule has 7 atom stereocenters. The molecule has 0 spiro atoms. The van der Waals surface area contributed by atoms with Gasteiger partial charge in [-0.25, -0.2) is 4.79 Å². The second-order valence-corrected chi connectivity index (χ2v) is 10.7. The van der Waals surface area contributed by atoms with Crippen molar-refractivity contribution in [2.45, 2.75) is 89.4 Å². The van der Waals surface area contributed by atoms with E-state index >= 15 is 0 Å². The molecule has 1 aromatic rings. The highest BCUT2D eigenvalue weighted by atomic mass is 16.7. The Morgan fingerprint density at radius 2 is 1.71 bits per heavy atom. The first-order valence-corrected chi connectivity index (χ1v) is 12.3. The third kappa shape index (κ3) is 5.95. The van der Waals surface area contributed by atoms with Crippen LogP contribution < -0.4 is 0 Å². The topological polar surface area (TPSA) is 203 Å². The number of phenolic OH excluding ortho intramolecular Hbond substituents is 3. The lowest BCUT2D eigenvalue weighted by atomic mass is 9.63. The van der Waals surface area contributed by atoms with E-state index < -0.39 is 77.7 Å². The van der Waals surface area contributed by atoms with Crippen LogP contribution >= 0.6 is 0 Å². The Morgan fingerprint density at radius 1 is 1.11 bits per heavy atom. The van der Waals surface area contributed by atoms with E-state index in [1.807, 2.05) is 13.8 Å². The molecule has 0 saturated carbocycles. The maximum atomic E-state index is 12.3. The van der Waals surface area contributed by atoms with Crippen molar-refractivity contribution in [1.29, 1.82) is 0 Å². The highest BCUT2D eigenvalue weighted by Crippen LogP contribution is 2.46. The molecule has 212 valence electrons. The van der Waals surface area contributed by atoms with Gasteiger partial charge in [0.15, 0.2) is 29.3 Å².